The summed E-state index contributed by atoms with van der Waals surface area (Å²) in [5.74, 6) is -1.09. The molecule has 3 N–H and O–H groups in total. The summed E-state index contributed by atoms with van der Waals surface area (Å²) in [6.07, 6.45) is 0.186. The van der Waals surface area contributed by atoms with Gasteiger partial charge in [0.2, 0.25) is 0 Å². The van der Waals surface area contributed by atoms with E-state index in [9.17, 15) is 9.59 Å². The first-order chi connectivity index (χ1) is 6.54. The maximum Gasteiger partial charge on any atom is 0.303 e. The largest absolute Gasteiger partial charge is 0.481 e. The first-order valence-corrected chi connectivity index (χ1v) is 5.02. The van der Waals surface area contributed by atoms with Gasteiger partial charge in [0.15, 0.2) is 0 Å². The van der Waals surface area contributed by atoms with Gasteiger partial charge in [-0.05, 0) is 13.3 Å². The first-order valence-electron chi connectivity index (χ1n) is 5.02. The van der Waals surface area contributed by atoms with Gasteiger partial charge in [0.05, 0.1) is 6.04 Å². The maximum absolute atomic E-state index is 10.4. The number of carboxylic acid groups (broad SMARTS) is 1. The van der Waals surface area contributed by atoms with Crippen molar-refractivity contribution in [2.45, 2.75) is 53.5 Å². The molecule has 1 unspecified atom stereocenters. The van der Waals surface area contributed by atoms with Crippen molar-refractivity contribution in [3.05, 3.63) is 0 Å². The lowest BCUT2D eigenvalue weighted by Gasteiger charge is -2.03. The number of carbonyl (C=O) groups is 2. The van der Waals surface area contributed by atoms with Crippen LogP contribution in [0.15, 0.2) is 0 Å². The molecule has 0 saturated carbocycles. The molecule has 0 spiro atoms. The molecule has 0 aromatic carbocycles. The Kier molecular flexibility index (Phi) is 19.6. The van der Waals surface area contributed by atoms with Crippen molar-refractivity contribution in [2.75, 3.05) is 0 Å². The number of hydrogen-bond acceptors (Lipinski definition) is 3. The van der Waals surface area contributed by atoms with Gasteiger partial charge in [-0.3, -0.25) is 9.59 Å². The second-order valence-corrected chi connectivity index (χ2v) is 2.15. The van der Waals surface area contributed by atoms with Crippen molar-refractivity contribution in [3.63, 3.8) is 0 Å². The van der Waals surface area contributed by atoms with Gasteiger partial charge >= 0.3 is 5.97 Å². The molecule has 0 rings (SSSR count). The number of aliphatic carboxylic acids is 1. The fourth-order valence-electron chi connectivity index (χ4n) is 0.482. The van der Waals surface area contributed by atoms with E-state index in [-0.39, 0.29) is 18.6 Å². The summed E-state index contributed by atoms with van der Waals surface area (Å²) in [5.41, 5.74) is 5.25. The topological polar surface area (TPSA) is 80.4 Å². The SMILES string of the molecule is CC.CC.CC(=O)C(N)CCC(=O)O. The van der Waals surface area contributed by atoms with Crippen molar-refractivity contribution in [1.82, 2.24) is 0 Å². The summed E-state index contributed by atoms with van der Waals surface area (Å²) in [6.45, 7) is 9.35. The highest BCUT2D eigenvalue weighted by Crippen LogP contribution is 1.94. The minimum absolute atomic E-state index is 0.0409. The van der Waals surface area contributed by atoms with E-state index in [1.165, 1.54) is 6.92 Å². The van der Waals surface area contributed by atoms with E-state index in [2.05, 4.69) is 0 Å². The van der Waals surface area contributed by atoms with Gasteiger partial charge in [-0.15, -0.1) is 0 Å². The Balaban J connectivity index is -0.000000266. The highest BCUT2D eigenvalue weighted by Gasteiger charge is 2.09. The van der Waals surface area contributed by atoms with E-state index in [1.807, 2.05) is 27.7 Å². The molecule has 0 heterocycles. The highest BCUT2D eigenvalue weighted by molar-refractivity contribution is 5.81. The molecule has 0 aromatic rings. The quantitative estimate of drug-likeness (QED) is 0.733. The van der Waals surface area contributed by atoms with Crippen LogP contribution in [0.4, 0.5) is 0 Å². The van der Waals surface area contributed by atoms with Crippen LogP contribution in [-0.2, 0) is 9.59 Å². The lowest BCUT2D eigenvalue weighted by Crippen LogP contribution is -2.28. The second-order valence-electron chi connectivity index (χ2n) is 2.15. The van der Waals surface area contributed by atoms with Crippen molar-refractivity contribution in [2.24, 2.45) is 5.73 Å². The zero-order valence-electron chi connectivity index (χ0n) is 9.83. The van der Waals surface area contributed by atoms with Crippen molar-refractivity contribution < 1.29 is 14.7 Å². The summed E-state index contributed by atoms with van der Waals surface area (Å²) < 4.78 is 0. The Hall–Kier alpha value is -0.900. The van der Waals surface area contributed by atoms with E-state index >= 15 is 0 Å². The van der Waals surface area contributed by atoms with E-state index < -0.39 is 12.0 Å². The number of carbonyl (C=O) groups excluding carboxylic acids is 1. The zero-order chi connectivity index (χ0) is 12.1. The third-order valence-corrected chi connectivity index (χ3v) is 1.19. The third-order valence-electron chi connectivity index (χ3n) is 1.19. The number of rotatable bonds is 4. The van der Waals surface area contributed by atoms with Crippen molar-refractivity contribution >= 4 is 11.8 Å². The molecule has 0 aliphatic carbocycles. The monoisotopic (exact) mass is 205 g/mol. The molecule has 0 fully saturated rings. The van der Waals surface area contributed by atoms with Gasteiger partial charge in [0.1, 0.15) is 5.78 Å². The summed E-state index contributed by atoms with van der Waals surface area (Å²) >= 11 is 0. The van der Waals surface area contributed by atoms with Crippen LogP contribution in [0.1, 0.15) is 47.5 Å². The van der Waals surface area contributed by atoms with E-state index in [0.717, 1.165) is 0 Å². The summed E-state index contributed by atoms with van der Waals surface area (Å²) in [5, 5.41) is 8.18. The van der Waals surface area contributed by atoms with Crippen molar-refractivity contribution in [1.29, 1.82) is 0 Å². The molecule has 14 heavy (non-hydrogen) atoms. The predicted molar refractivity (Wildman–Crippen MR) is 58.2 cm³/mol. The maximum atomic E-state index is 10.4. The lowest BCUT2D eigenvalue weighted by atomic mass is 10.1. The van der Waals surface area contributed by atoms with Crippen molar-refractivity contribution in [3.8, 4) is 0 Å². The normalized spacial score (nSPS) is 9.86. The van der Waals surface area contributed by atoms with E-state index in [0.29, 0.717) is 0 Å². The third kappa shape index (κ3) is 17.3. The first kappa shape index (κ1) is 18.8. The Morgan fingerprint density at radius 3 is 1.79 bits per heavy atom. The average Bonchev–Trinajstić information content (AvgIpc) is 2.20. The molecular weight excluding hydrogens is 182 g/mol. The molecule has 0 radical (unpaired) electrons. The average molecular weight is 205 g/mol. The fraction of sp³-hybridized carbons (Fsp3) is 0.800. The Labute approximate surface area is 86.5 Å². The molecule has 86 valence electrons. The summed E-state index contributed by atoms with van der Waals surface area (Å²) in [6, 6.07) is -0.615. The number of Topliss-reactive ketones (excluding diaryl/α,β-unsaturated/α-hetero) is 1. The molecule has 0 amide bonds. The standard InChI is InChI=1S/C6H11NO3.2C2H6/c1-4(8)5(7)2-3-6(9)10;2*1-2/h5H,2-3,7H2,1H3,(H,9,10);2*1-2H3. The molecule has 0 bridgehead atoms. The molecule has 4 nitrogen and oxygen atoms in total. The highest BCUT2D eigenvalue weighted by atomic mass is 16.4. The molecule has 0 aliphatic rings. The fourth-order valence-corrected chi connectivity index (χ4v) is 0.482. The van der Waals surface area contributed by atoms with Crippen LogP contribution in [0.3, 0.4) is 0 Å². The van der Waals surface area contributed by atoms with Gasteiger partial charge in [-0.25, -0.2) is 0 Å². The molecule has 0 aliphatic heterocycles. The van der Waals surface area contributed by atoms with E-state index in [4.69, 9.17) is 10.8 Å². The van der Waals surface area contributed by atoms with Gasteiger partial charge in [0, 0.05) is 6.42 Å². The summed E-state index contributed by atoms with van der Waals surface area (Å²) in [4.78, 5) is 20.4. The van der Waals surface area contributed by atoms with Crippen LogP contribution in [-0.4, -0.2) is 22.9 Å². The predicted octanol–water partition coefficient (Wildman–Crippen LogP) is 1.82. The Bertz CT molecular complexity index is 146. The van der Waals surface area contributed by atoms with Crippen LogP contribution in [0, 0.1) is 0 Å². The van der Waals surface area contributed by atoms with Crippen LogP contribution in [0.25, 0.3) is 0 Å². The lowest BCUT2D eigenvalue weighted by molar-refractivity contribution is -0.137. The van der Waals surface area contributed by atoms with Crippen LogP contribution in [0.5, 0.6) is 0 Å². The molecule has 4 heteroatoms. The number of nitrogens with two attached hydrogens (primary N) is 1. The number of ketones is 1. The van der Waals surface area contributed by atoms with Crippen LogP contribution < -0.4 is 5.73 Å². The van der Waals surface area contributed by atoms with Gasteiger partial charge in [0.25, 0.3) is 0 Å². The minimum atomic E-state index is -0.920. The minimum Gasteiger partial charge on any atom is -0.481 e. The van der Waals surface area contributed by atoms with Gasteiger partial charge in [-0.1, -0.05) is 27.7 Å². The van der Waals surface area contributed by atoms with Crippen LogP contribution >= 0.6 is 0 Å². The Morgan fingerprint density at radius 1 is 1.21 bits per heavy atom. The molecular formula is C10H23NO3. The van der Waals surface area contributed by atoms with Gasteiger partial charge in [-0.2, -0.15) is 0 Å². The molecule has 1 atom stereocenters. The number of carboxylic acids is 1. The van der Waals surface area contributed by atoms with Gasteiger partial charge < -0.3 is 10.8 Å². The molecule has 0 saturated heterocycles. The van der Waals surface area contributed by atoms with Crippen LogP contribution in [0.2, 0.25) is 0 Å². The smallest absolute Gasteiger partial charge is 0.303 e. The zero-order valence-corrected chi connectivity index (χ0v) is 9.83. The Morgan fingerprint density at radius 2 is 1.57 bits per heavy atom. The number of hydrogen-bond donors (Lipinski definition) is 2. The second kappa shape index (κ2) is 14.6. The van der Waals surface area contributed by atoms with E-state index in [1.54, 1.807) is 0 Å². The molecule has 0 aromatic heterocycles. The summed E-state index contributed by atoms with van der Waals surface area (Å²) in [7, 11) is 0.